The van der Waals surface area contributed by atoms with Crippen LogP contribution in [-0.4, -0.2) is 23.8 Å². The monoisotopic (exact) mass is 234 g/mol. The van der Waals surface area contributed by atoms with Gasteiger partial charge < -0.3 is 9.84 Å². The molecule has 2 rings (SSSR count). The quantitative estimate of drug-likeness (QED) is 0.871. The van der Waals surface area contributed by atoms with Crippen LogP contribution in [0.25, 0.3) is 0 Å². The molecule has 1 saturated heterocycles. The molecule has 0 bridgehead atoms. The van der Waals surface area contributed by atoms with Crippen LogP contribution < -0.4 is 0 Å². The second kappa shape index (κ2) is 5.82. The van der Waals surface area contributed by atoms with Gasteiger partial charge in [0.1, 0.15) is 0 Å². The molecule has 1 aromatic rings. The van der Waals surface area contributed by atoms with E-state index in [4.69, 9.17) is 4.74 Å². The molecule has 1 aliphatic rings. The first-order valence-electron chi connectivity index (χ1n) is 6.16. The number of hydrogen-bond acceptors (Lipinski definition) is 2. The lowest BCUT2D eigenvalue weighted by atomic mass is 9.91. The second-order valence-electron chi connectivity index (χ2n) is 4.53. The van der Waals surface area contributed by atoms with Crippen LogP contribution in [0, 0.1) is 0 Å². The van der Waals surface area contributed by atoms with Crippen LogP contribution in [0.3, 0.4) is 0 Å². The molecule has 92 valence electrons. The highest BCUT2D eigenvalue weighted by atomic mass is 16.5. The summed E-state index contributed by atoms with van der Waals surface area (Å²) < 4.78 is 5.62. The topological polar surface area (TPSA) is 46.5 Å². The van der Waals surface area contributed by atoms with E-state index in [2.05, 4.69) is 0 Å². The number of aliphatic carboxylic acids is 1. The number of ether oxygens (including phenoxy) is 1. The van der Waals surface area contributed by atoms with E-state index in [0.717, 1.165) is 31.4 Å². The van der Waals surface area contributed by atoms with E-state index in [1.165, 1.54) is 0 Å². The van der Waals surface area contributed by atoms with E-state index in [1.54, 1.807) is 0 Å². The second-order valence-corrected chi connectivity index (χ2v) is 4.53. The van der Waals surface area contributed by atoms with E-state index < -0.39 is 11.9 Å². The predicted octanol–water partition coefficient (Wildman–Crippen LogP) is 2.81. The maximum Gasteiger partial charge on any atom is 0.311 e. The molecule has 0 saturated carbocycles. The number of hydrogen-bond donors (Lipinski definition) is 1. The largest absolute Gasteiger partial charge is 0.481 e. The molecule has 2 unspecified atom stereocenters. The van der Waals surface area contributed by atoms with Crippen LogP contribution in [-0.2, 0) is 9.53 Å². The van der Waals surface area contributed by atoms with Gasteiger partial charge in [0, 0.05) is 6.61 Å². The third-order valence-electron chi connectivity index (χ3n) is 3.27. The highest BCUT2D eigenvalue weighted by Crippen LogP contribution is 2.26. The normalized spacial score (nSPS) is 22.0. The highest BCUT2D eigenvalue weighted by Gasteiger charge is 2.25. The van der Waals surface area contributed by atoms with Crippen LogP contribution in [0.2, 0.25) is 0 Å². The summed E-state index contributed by atoms with van der Waals surface area (Å²) >= 11 is 0. The van der Waals surface area contributed by atoms with E-state index >= 15 is 0 Å². The first-order valence-corrected chi connectivity index (χ1v) is 6.16. The molecular weight excluding hydrogens is 216 g/mol. The maximum absolute atomic E-state index is 11.3. The number of carboxylic acid groups (broad SMARTS) is 1. The summed E-state index contributed by atoms with van der Waals surface area (Å²) in [4.78, 5) is 11.3. The minimum atomic E-state index is -0.759. The Morgan fingerprint density at radius 3 is 2.71 bits per heavy atom. The lowest BCUT2D eigenvalue weighted by molar-refractivity contribution is -0.140. The van der Waals surface area contributed by atoms with Crippen molar-refractivity contribution in [3.8, 4) is 0 Å². The third-order valence-corrected chi connectivity index (χ3v) is 3.27. The fraction of sp³-hybridized carbons (Fsp3) is 0.500. The zero-order chi connectivity index (χ0) is 12.1. The van der Waals surface area contributed by atoms with Gasteiger partial charge in [0.05, 0.1) is 12.0 Å². The van der Waals surface area contributed by atoms with Crippen LogP contribution in [0.4, 0.5) is 0 Å². The van der Waals surface area contributed by atoms with E-state index in [-0.39, 0.29) is 6.10 Å². The van der Waals surface area contributed by atoms with Crippen molar-refractivity contribution in [2.45, 2.75) is 37.7 Å². The summed E-state index contributed by atoms with van der Waals surface area (Å²) in [5.41, 5.74) is 0.870. The zero-order valence-electron chi connectivity index (χ0n) is 9.84. The summed E-state index contributed by atoms with van der Waals surface area (Å²) in [7, 11) is 0. The molecule has 1 heterocycles. The van der Waals surface area contributed by atoms with Gasteiger partial charge in [0.2, 0.25) is 0 Å². The highest BCUT2D eigenvalue weighted by molar-refractivity contribution is 5.76. The van der Waals surface area contributed by atoms with Gasteiger partial charge >= 0.3 is 5.97 Å². The predicted molar refractivity (Wildman–Crippen MR) is 65.0 cm³/mol. The van der Waals surface area contributed by atoms with Gasteiger partial charge in [-0.25, -0.2) is 0 Å². The Kier molecular flexibility index (Phi) is 4.15. The van der Waals surface area contributed by atoms with Crippen LogP contribution >= 0.6 is 0 Å². The van der Waals surface area contributed by atoms with Crippen molar-refractivity contribution < 1.29 is 14.6 Å². The van der Waals surface area contributed by atoms with Crippen LogP contribution in [0.1, 0.15) is 37.2 Å². The Hall–Kier alpha value is -1.35. The summed E-state index contributed by atoms with van der Waals surface area (Å²) in [5, 5.41) is 9.30. The van der Waals surface area contributed by atoms with Gasteiger partial charge in [-0.15, -0.1) is 0 Å². The maximum atomic E-state index is 11.3. The summed E-state index contributed by atoms with van der Waals surface area (Å²) in [6.45, 7) is 0.770. The first-order chi connectivity index (χ1) is 8.27. The smallest absolute Gasteiger partial charge is 0.311 e. The Balaban J connectivity index is 2.05. The standard InChI is InChI=1S/C14H18O3/c15-14(16)13(11-6-2-1-3-7-11)10-12-8-4-5-9-17-12/h1-3,6-7,12-13H,4-5,8-10H2,(H,15,16). The molecule has 17 heavy (non-hydrogen) atoms. The molecule has 3 heteroatoms. The molecule has 1 N–H and O–H groups in total. The zero-order valence-corrected chi connectivity index (χ0v) is 9.84. The molecule has 3 nitrogen and oxygen atoms in total. The molecule has 0 aliphatic carbocycles. The lowest BCUT2D eigenvalue weighted by Crippen LogP contribution is -2.24. The van der Waals surface area contributed by atoms with Crippen molar-refractivity contribution in [2.75, 3.05) is 6.61 Å². The number of carboxylic acids is 1. The van der Waals surface area contributed by atoms with E-state index in [9.17, 15) is 9.90 Å². The Morgan fingerprint density at radius 2 is 2.12 bits per heavy atom. The van der Waals surface area contributed by atoms with Crippen molar-refractivity contribution in [1.82, 2.24) is 0 Å². The van der Waals surface area contributed by atoms with Gasteiger partial charge in [0.25, 0.3) is 0 Å². The van der Waals surface area contributed by atoms with Crippen LogP contribution in [0.5, 0.6) is 0 Å². The summed E-state index contributed by atoms with van der Waals surface area (Å²) in [6, 6.07) is 9.42. The van der Waals surface area contributed by atoms with Crippen molar-refractivity contribution in [3.63, 3.8) is 0 Å². The molecule has 1 aliphatic heterocycles. The number of rotatable bonds is 4. The lowest BCUT2D eigenvalue weighted by Gasteiger charge is -2.25. The molecule has 0 aromatic heterocycles. The van der Waals surface area contributed by atoms with Gasteiger partial charge in [-0.05, 0) is 31.2 Å². The van der Waals surface area contributed by atoms with E-state index in [1.807, 2.05) is 30.3 Å². The molecule has 1 aromatic carbocycles. The van der Waals surface area contributed by atoms with Crippen molar-refractivity contribution in [2.24, 2.45) is 0 Å². The SMILES string of the molecule is O=C(O)C(CC1CCCCO1)c1ccccc1. The van der Waals surface area contributed by atoms with Gasteiger partial charge in [-0.2, -0.15) is 0 Å². The number of benzene rings is 1. The van der Waals surface area contributed by atoms with Gasteiger partial charge in [0.15, 0.2) is 0 Å². The summed E-state index contributed by atoms with van der Waals surface area (Å²) in [6.07, 6.45) is 3.91. The van der Waals surface area contributed by atoms with E-state index in [0.29, 0.717) is 6.42 Å². The van der Waals surface area contributed by atoms with Gasteiger partial charge in [-0.1, -0.05) is 30.3 Å². The Bertz CT molecular complexity index is 355. The minimum absolute atomic E-state index is 0.102. The average Bonchev–Trinajstić information content (AvgIpc) is 2.38. The Morgan fingerprint density at radius 1 is 1.35 bits per heavy atom. The molecule has 0 radical (unpaired) electrons. The van der Waals surface area contributed by atoms with Crippen molar-refractivity contribution in [1.29, 1.82) is 0 Å². The van der Waals surface area contributed by atoms with Crippen molar-refractivity contribution >= 4 is 5.97 Å². The minimum Gasteiger partial charge on any atom is -0.481 e. The average molecular weight is 234 g/mol. The van der Waals surface area contributed by atoms with Crippen LogP contribution in [0.15, 0.2) is 30.3 Å². The molecule has 2 atom stereocenters. The molecule has 0 amide bonds. The molecule has 0 spiro atoms. The molecule has 1 fully saturated rings. The van der Waals surface area contributed by atoms with Gasteiger partial charge in [-0.3, -0.25) is 4.79 Å². The fourth-order valence-corrected chi connectivity index (χ4v) is 2.32. The fourth-order valence-electron chi connectivity index (χ4n) is 2.32. The number of carbonyl (C=O) groups is 1. The molecular formula is C14H18O3. The first kappa shape index (κ1) is 12.1. The summed E-state index contributed by atoms with van der Waals surface area (Å²) in [5.74, 6) is -1.20. The third kappa shape index (κ3) is 3.30. The van der Waals surface area contributed by atoms with Crippen molar-refractivity contribution in [3.05, 3.63) is 35.9 Å². The Labute approximate surface area is 101 Å².